The molecule has 3 nitrogen and oxygen atoms in total. The first-order valence-electron chi connectivity index (χ1n) is 5.34. The standard InChI is InChI=1S/C12H16N2O/c1-8-3-10(7-13-6-8)12-5-11(15)4-9(2)14-12/h3,6-7,9,12,14H,4-5H2,1-2H3. The first-order chi connectivity index (χ1) is 7.15. The highest BCUT2D eigenvalue weighted by molar-refractivity contribution is 5.80. The predicted molar refractivity (Wildman–Crippen MR) is 58.6 cm³/mol. The van der Waals surface area contributed by atoms with Crippen LogP contribution in [0.2, 0.25) is 0 Å². The van der Waals surface area contributed by atoms with Gasteiger partial charge in [-0.15, -0.1) is 0 Å². The quantitative estimate of drug-likeness (QED) is 0.758. The summed E-state index contributed by atoms with van der Waals surface area (Å²) in [6.45, 7) is 4.07. The second kappa shape index (κ2) is 4.11. The summed E-state index contributed by atoms with van der Waals surface area (Å²) in [5, 5.41) is 3.43. The van der Waals surface area contributed by atoms with Crippen molar-refractivity contribution >= 4 is 5.78 Å². The summed E-state index contributed by atoms with van der Waals surface area (Å²) in [5.41, 5.74) is 2.26. The highest BCUT2D eigenvalue weighted by Gasteiger charge is 2.24. The lowest BCUT2D eigenvalue weighted by atomic mass is 9.93. The van der Waals surface area contributed by atoms with Crippen LogP contribution < -0.4 is 5.32 Å². The van der Waals surface area contributed by atoms with E-state index >= 15 is 0 Å². The molecule has 0 aliphatic carbocycles. The van der Waals surface area contributed by atoms with E-state index in [0.717, 1.165) is 11.1 Å². The Labute approximate surface area is 89.9 Å². The molecule has 1 aliphatic rings. The normalized spacial score (nSPS) is 26.7. The smallest absolute Gasteiger partial charge is 0.136 e. The number of nitrogens with one attached hydrogen (secondary N) is 1. The lowest BCUT2D eigenvalue weighted by Crippen LogP contribution is -2.38. The van der Waals surface area contributed by atoms with Gasteiger partial charge in [0.05, 0.1) is 0 Å². The lowest BCUT2D eigenvalue weighted by Gasteiger charge is -2.28. The molecule has 1 fully saturated rings. The summed E-state index contributed by atoms with van der Waals surface area (Å²) in [6, 6.07) is 2.51. The third-order valence-electron chi connectivity index (χ3n) is 2.75. The number of carbonyl (C=O) groups is 1. The first kappa shape index (κ1) is 10.3. The molecule has 0 bridgehead atoms. The number of hydrogen-bond donors (Lipinski definition) is 1. The van der Waals surface area contributed by atoms with E-state index in [1.807, 2.05) is 26.2 Å². The number of rotatable bonds is 1. The van der Waals surface area contributed by atoms with Gasteiger partial charge in [-0.05, 0) is 25.0 Å². The number of hydrogen-bond acceptors (Lipinski definition) is 3. The van der Waals surface area contributed by atoms with Gasteiger partial charge < -0.3 is 5.32 Å². The Bertz CT molecular complexity index is 376. The molecule has 80 valence electrons. The molecular formula is C12H16N2O. The van der Waals surface area contributed by atoms with Crippen LogP contribution in [-0.4, -0.2) is 16.8 Å². The fourth-order valence-corrected chi connectivity index (χ4v) is 2.10. The molecule has 0 amide bonds. The Balaban J connectivity index is 2.19. The predicted octanol–water partition coefficient (Wildman–Crippen LogP) is 1.77. The maximum absolute atomic E-state index is 11.5. The van der Waals surface area contributed by atoms with Gasteiger partial charge in [0, 0.05) is 37.3 Å². The van der Waals surface area contributed by atoms with Crippen molar-refractivity contribution in [2.75, 3.05) is 0 Å². The molecule has 1 saturated heterocycles. The third kappa shape index (κ3) is 2.42. The molecule has 2 heterocycles. The van der Waals surface area contributed by atoms with Gasteiger partial charge in [-0.2, -0.15) is 0 Å². The molecule has 2 unspecified atom stereocenters. The fourth-order valence-electron chi connectivity index (χ4n) is 2.10. The van der Waals surface area contributed by atoms with E-state index in [-0.39, 0.29) is 12.1 Å². The highest BCUT2D eigenvalue weighted by Crippen LogP contribution is 2.23. The average Bonchev–Trinajstić information content (AvgIpc) is 2.16. The van der Waals surface area contributed by atoms with Crippen molar-refractivity contribution in [1.82, 2.24) is 10.3 Å². The number of nitrogens with zero attached hydrogens (tertiary/aromatic N) is 1. The molecule has 1 aromatic rings. The molecule has 0 saturated carbocycles. The number of carbonyl (C=O) groups excluding carboxylic acids is 1. The van der Waals surface area contributed by atoms with E-state index < -0.39 is 0 Å². The number of aryl methyl sites for hydroxylation is 1. The van der Waals surface area contributed by atoms with Gasteiger partial charge in [0.2, 0.25) is 0 Å². The Kier molecular flexibility index (Phi) is 2.82. The molecular weight excluding hydrogens is 188 g/mol. The molecule has 0 spiro atoms. The Morgan fingerprint density at radius 2 is 2.20 bits per heavy atom. The minimum atomic E-state index is 0.147. The number of Topliss-reactive ketones (excluding diaryl/α,β-unsaturated/α-hetero) is 1. The van der Waals surface area contributed by atoms with Crippen molar-refractivity contribution < 1.29 is 4.79 Å². The monoisotopic (exact) mass is 204 g/mol. The molecule has 2 atom stereocenters. The summed E-state index contributed by atoms with van der Waals surface area (Å²) >= 11 is 0. The number of aromatic nitrogens is 1. The van der Waals surface area contributed by atoms with Crippen LogP contribution in [0.3, 0.4) is 0 Å². The molecule has 1 aliphatic heterocycles. The Morgan fingerprint density at radius 1 is 1.40 bits per heavy atom. The van der Waals surface area contributed by atoms with Crippen LogP contribution in [0.4, 0.5) is 0 Å². The van der Waals surface area contributed by atoms with Gasteiger partial charge in [-0.3, -0.25) is 9.78 Å². The molecule has 2 rings (SSSR count). The summed E-state index contributed by atoms with van der Waals surface area (Å²) in [4.78, 5) is 15.6. The minimum Gasteiger partial charge on any atom is -0.307 e. The van der Waals surface area contributed by atoms with Crippen molar-refractivity contribution in [1.29, 1.82) is 0 Å². The molecule has 1 N–H and O–H groups in total. The molecule has 0 aromatic carbocycles. The molecule has 1 aromatic heterocycles. The van der Waals surface area contributed by atoms with E-state index in [2.05, 4.69) is 16.4 Å². The Hall–Kier alpha value is -1.22. The average molecular weight is 204 g/mol. The van der Waals surface area contributed by atoms with Crippen molar-refractivity contribution in [3.8, 4) is 0 Å². The van der Waals surface area contributed by atoms with Crippen LogP contribution in [0.1, 0.15) is 36.9 Å². The number of piperidine rings is 1. The van der Waals surface area contributed by atoms with Crippen molar-refractivity contribution in [3.05, 3.63) is 29.6 Å². The first-order valence-corrected chi connectivity index (χ1v) is 5.34. The zero-order chi connectivity index (χ0) is 10.8. The van der Waals surface area contributed by atoms with Gasteiger partial charge in [0.1, 0.15) is 5.78 Å². The van der Waals surface area contributed by atoms with Crippen LogP contribution in [0.25, 0.3) is 0 Å². The van der Waals surface area contributed by atoms with Crippen LogP contribution in [0, 0.1) is 6.92 Å². The zero-order valence-corrected chi connectivity index (χ0v) is 9.16. The largest absolute Gasteiger partial charge is 0.307 e. The van der Waals surface area contributed by atoms with E-state index in [1.165, 1.54) is 0 Å². The molecule has 15 heavy (non-hydrogen) atoms. The van der Waals surface area contributed by atoms with Gasteiger partial charge in [0.25, 0.3) is 0 Å². The number of pyridine rings is 1. The maximum Gasteiger partial charge on any atom is 0.136 e. The minimum absolute atomic E-state index is 0.147. The highest BCUT2D eigenvalue weighted by atomic mass is 16.1. The van der Waals surface area contributed by atoms with E-state index in [1.54, 1.807) is 0 Å². The SMILES string of the molecule is Cc1cncc(C2CC(=O)CC(C)N2)c1. The van der Waals surface area contributed by atoms with Gasteiger partial charge in [0.15, 0.2) is 0 Å². The van der Waals surface area contributed by atoms with Gasteiger partial charge in [-0.1, -0.05) is 6.07 Å². The lowest BCUT2D eigenvalue weighted by molar-refractivity contribution is -0.121. The summed E-state index contributed by atoms with van der Waals surface area (Å²) in [6.07, 6.45) is 4.92. The Morgan fingerprint density at radius 3 is 2.87 bits per heavy atom. The van der Waals surface area contributed by atoms with Gasteiger partial charge in [-0.25, -0.2) is 0 Å². The third-order valence-corrected chi connectivity index (χ3v) is 2.75. The second-order valence-corrected chi connectivity index (χ2v) is 4.36. The summed E-state index contributed by atoms with van der Waals surface area (Å²) < 4.78 is 0. The van der Waals surface area contributed by atoms with E-state index in [0.29, 0.717) is 18.6 Å². The van der Waals surface area contributed by atoms with Crippen molar-refractivity contribution in [2.24, 2.45) is 0 Å². The zero-order valence-electron chi connectivity index (χ0n) is 9.16. The second-order valence-electron chi connectivity index (χ2n) is 4.36. The van der Waals surface area contributed by atoms with Crippen LogP contribution in [0.15, 0.2) is 18.5 Å². The van der Waals surface area contributed by atoms with Crippen molar-refractivity contribution in [3.63, 3.8) is 0 Å². The summed E-state index contributed by atoms with van der Waals surface area (Å²) in [5.74, 6) is 0.341. The topological polar surface area (TPSA) is 42.0 Å². The van der Waals surface area contributed by atoms with Crippen molar-refractivity contribution in [2.45, 2.75) is 38.8 Å². The maximum atomic E-state index is 11.5. The van der Waals surface area contributed by atoms with Crippen LogP contribution >= 0.6 is 0 Å². The van der Waals surface area contributed by atoms with Crippen LogP contribution in [-0.2, 0) is 4.79 Å². The molecule has 0 radical (unpaired) electrons. The van der Waals surface area contributed by atoms with Crippen LogP contribution in [0.5, 0.6) is 0 Å². The van der Waals surface area contributed by atoms with E-state index in [9.17, 15) is 4.79 Å². The number of ketones is 1. The van der Waals surface area contributed by atoms with E-state index in [4.69, 9.17) is 0 Å². The van der Waals surface area contributed by atoms with Gasteiger partial charge >= 0.3 is 0 Å². The summed E-state index contributed by atoms with van der Waals surface area (Å²) in [7, 11) is 0. The fraction of sp³-hybridized carbons (Fsp3) is 0.500. The molecule has 3 heteroatoms.